The third kappa shape index (κ3) is 2.52. The Hall–Kier alpha value is -3.23. The highest BCUT2D eigenvalue weighted by atomic mass is 19.2. The van der Waals surface area contributed by atoms with Crippen molar-refractivity contribution in [2.24, 2.45) is 10.3 Å². The average Bonchev–Trinajstić information content (AvgIpc) is 3.13. The van der Waals surface area contributed by atoms with Gasteiger partial charge in [-0.2, -0.15) is 5.11 Å². The van der Waals surface area contributed by atoms with Gasteiger partial charge in [0.25, 0.3) is 11.8 Å². The number of imide groups is 1. The number of nitrogens with zero attached hydrogens (tertiary/aromatic N) is 4. The molecule has 4 rings (SSSR count). The number of rotatable bonds is 3. The van der Waals surface area contributed by atoms with Gasteiger partial charge in [0.15, 0.2) is 23.7 Å². The summed E-state index contributed by atoms with van der Waals surface area (Å²) in [6.45, 7) is 0.148. The van der Waals surface area contributed by atoms with Crippen LogP contribution in [-0.4, -0.2) is 28.9 Å². The molecule has 1 saturated heterocycles. The van der Waals surface area contributed by atoms with Gasteiger partial charge in [-0.25, -0.2) is 18.1 Å². The minimum atomic E-state index is -1.16. The first-order valence-electron chi connectivity index (χ1n) is 7.70. The third-order valence-electron chi connectivity index (χ3n) is 4.28. The number of halogens is 3. The van der Waals surface area contributed by atoms with Gasteiger partial charge in [-0.1, -0.05) is 17.4 Å². The Labute approximate surface area is 145 Å². The molecule has 2 heterocycles. The van der Waals surface area contributed by atoms with E-state index in [0.29, 0.717) is 5.56 Å². The monoisotopic (exact) mass is 360 g/mol. The van der Waals surface area contributed by atoms with E-state index in [9.17, 15) is 22.8 Å². The molecule has 0 aliphatic carbocycles. The lowest BCUT2D eigenvalue weighted by Gasteiger charge is -2.20. The van der Waals surface area contributed by atoms with Crippen molar-refractivity contribution < 1.29 is 22.8 Å². The maximum Gasteiger partial charge on any atom is 0.263 e. The molecule has 2 aliphatic heterocycles. The number of fused-ring (bicyclic) bond motifs is 1. The standard InChI is InChI=1S/C17H11F3N4O2/c18-10-3-1-9(2-4-10)8-23-15-14(21-22-23)16(25)24(17(15)26)11-5-6-12(19)13(20)7-11/h1-7,14-15H,8H2/t14-,15+/m1/s1. The number of amides is 2. The van der Waals surface area contributed by atoms with Gasteiger partial charge in [0, 0.05) is 6.07 Å². The molecule has 0 saturated carbocycles. The molecule has 2 aromatic rings. The Kier molecular flexibility index (Phi) is 3.71. The maximum absolute atomic E-state index is 13.5. The molecular weight excluding hydrogens is 349 g/mol. The van der Waals surface area contributed by atoms with E-state index in [4.69, 9.17) is 0 Å². The minimum absolute atomic E-state index is 0.0646. The van der Waals surface area contributed by atoms with E-state index in [-0.39, 0.29) is 12.2 Å². The lowest BCUT2D eigenvalue weighted by molar-refractivity contribution is -0.123. The fourth-order valence-electron chi connectivity index (χ4n) is 3.01. The van der Waals surface area contributed by atoms with Crippen molar-refractivity contribution in [1.82, 2.24) is 5.01 Å². The summed E-state index contributed by atoms with van der Waals surface area (Å²) >= 11 is 0. The number of anilines is 1. The first kappa shape index (κ1) is 16.2. The predicted molar refractivity (Wildman–Crippen MR) is 83.2 cm³/mol. The molecule has 2 atom stereocenters. The Morgan fingerprint density at radius 2 is 1.65 bits per heavy atom. The Morgan fingerprint density at radius 1 is 0.923 bits per heavy atom. The van der Waals surface area contributed by atoms with Crippen molar-refractivity contribution in [3.05, 3.63) is 65.5 Å². The Bertz CT molecular complexity index is 932. The average molecular weight is 360 g/mol. The van der Waals surface area contributed by atoms with Crippen molar-refractivity contribution in [2.75, 3.05) is 4.90 Å². The molecule has 0 spiro atoms. The summed E-state index contributed by atoms with van der Waals surface area (Å²) in [6.07, 6.45) is 0. The second kappa shape index (κ2) is 5.94. The molecule has 2 amide bonds. The number of carbonyl (C=O) groups is 2. The van der Waals surface area contributed by atoms with E-state index in [2.05, 4.69) is 10.3 Å². The highest BCUT2D eigenvalue weighted by Gasteiger charge is 2.54. The molecule has 132 valence electrons. The van der Waals surface area contributed by atoms with E-state index in [1.807, 2.05) is 0 Å². The lowest BCUT2D eigenvalue weighted by Crippen LogP contribution is -2.39. The summed E-state index contributed by atoms with van der Waals surface area (Å²) in [4.78, 5) is 26.0. The van der Waals surface area contributed by atoms with Crippen LogP contribution in [0.25, 0.3) is 0 Å². The van der Waals surface area contributed by atoms with Crippen molar-refractivity contribution in [3.63, 3.8) is 0 Å². The molecule has 0 aromatic heterocycles. The van der Waals surface area contributed by atoms with Crippen molar-refractivity contribution in [1.29, 1.82) is 0 Å². The summed E-state index contributed by atoms with van der Waals surface area (Å²) in [6, 6.07) is 6.38. The third-order valence-corrected chi connectivity index (χ3v) is 4.28. The van der Waals surface area contributed by atoms with Crippen molar-refractivity contribution in [2.45, 2.75) is 18.6 Å². The summed E-state index contributed by atoms with van der Waals surface area (Å²) < 4.78 is 39.6. The molecule has 2 aromatic carbocycles. The van der Waals surface area contributed by atoms with Gasteiger partial charge in [-0.15, -0.1) is 0 Å². The summed E-state index contributed by atoms with van der Waals surface area (Å²) in [5.74, 6) is -3.92. The zero-order valence-electron chi connectivity index (χ0n) is 13.1. The van der Waals surface area contributed by atoms with Crippen LogP contribution in [0.15, 0.2) is 52.8 Å². The molecule has 9 heteroatoms. The Morgan fingerprint density at radius 3 is 2.35 bits per heavy atom. The van der Waals surface area contributed by atoms with Crippen molar-refractivity contribution >= 4 is 17.5 Å². The first-order valence-corrected chi connectivity index (χ1v) is 7.70. The molecule has 26 heavy (non-hydrogen) atoms. The number of carbonyl (C=O) groups excluding carboxylic acids is 2. The zero-order chi connectivity index (χ0) is 18.4. The maximum atomic E-state index is 13.5. The smallest absolute Gasteiger partial charge is 0.263 e. The van der Waals surface area contributed by atoms with Gasteiger partial charge in [0.05, 0.1) is 12.2 Å². The quantitative estimate of drug-likeness (QED) is 0.791. The van der Waals surface area contributed by atoms with E-state index in [0.717, 1.165) is 23.1 Å². The van der Waals surface area contributed by atoms with Gasteiger partial charge < -0.3 is 0 Å². The number of hydrogen-bond donors (Lipinski definition) is 0. The minimum Gasteiger partial charge on any atom is -0.271 e. The zero-order valence-corrected chi connectivity index (χ0v) is 13.1. The highest BCUT2D eigenvalue weighted by molar-refractivity contribution is 6.25. The largest absolute Gasteiger partial charge is 0.271 e. The van der Waals surface area contributed by atoms with Gasteiger partial charge in [-0.3, -0.25) is 14.6 Å². The van der Waals surface area contributed by atoms with Crippen LogP contribution in [0.3, 0.4) is 0 Å². The SMILES string of the molecule is O=C1[C@@H]2[C@@H](N=NN2Cc2ccc(F)cc2)C(=O)N1c1ccc(F)c(F)c1. The van der Waals surface area contributed by atoms with Crippen molar-refractivity contribution in [3.8, 4) is 0 Å². The summed E-state index contributed by atoms with van der Waals surface area (Å²) in [5.41, 5.74) is 0.614. The van der Waals surface area contributed by atoms with Crippen LogP contribution < -0.4 is 4.90 Å². The van der Waals surface area contributed by atoms with Gasteiger partial charge in [0.2, 0.25) is 0 Å². The predicted octanol–water partition coefficient (Wildman–Crippen LogP) is 2.60. The van der Waals surface area contributed by atoms with Gasteiger partial charge in [-0.05, 0) is 29.8 Å². The Balaban J connectivity index is 1.60. The van der Waals surface area contributed by atoms with E-state index in [1.54, 1.807) is 0 Å². The summed E-state index contributed by atoms with van der Waals surface area (Å²) in [7, 11) is 0. The molecule has 0 N–H and O–H groups in total. The topological polar surface area (TPSA) is 65.3 Å². The van der Waals surface area contributed by atoms with E-state index < -0.39 is 41.3 Å². The number of benzene rings is 2. The molecule has 1 fully saturated rings. The van der Waals surface area contributed by atoms with Crippen LogP contribution in [0.4, 0.5) is 18.9 Å². The molecule has 0 unspecified atom stereocenters. The van der Waals surface area contributed by atoms with E-state index >= 15 is 0 Å². The molecular formula is C17H11F3N4O2. The molecule has 0 bridgehead atoms. The second-order valence-corrected chi connectivity index (χ2v) is 5.93. The van der Waals surface area contributed by atoms with Crippen LogP contribution in [0.1, 0.15) is 5.56 Å². The normalized spacial score (nSPS) is 21.7. The van der Waals surface area contributed by atoms with Crippen LogP contribution >= 0.6 is 0 Å². The van der Waals surface area contributed by atoms with Crippen LogP contribution in [-0.2, 0) is 16.1 Å². The van der Waals surface area contributed by atoms with Crippen LogP contribution in [0, 0.1) is 17.5 Å². The van der Waals surface area contributed by atoms with Gasteiger partial charge >= 0.3 is 0 Å². The highest BCUT2D eigenvalue weighted by Crippen LogP contribution is 2.33. The van der Waals surface area contributed by atoms with Crippen LogP contribution in [0.5, 0.6) is 0 Å². The number of hydrogen-bond acceptors (Lipinski definition) is 5. The van der Waals surface area contributed by atoms with E-state index in [1.165, 1.54) is 29.3 Å². The second-order valence-electron chi connectivity index (χ2n) is 5.93. The molecule has 0 radical (unpaired) electrons. The summed E-state index contributed by atoms with van der Waals surface area (Å²) in [5, 5.41) is 9.03. The fourth-order valence-corrected chi connectivity index (χ4v) is 3.01. The molecule has 2 aliphatic rings. The molecule has 6 nitrogen and oxygen atoms in total. The first-order chi connectivity index (χ1) is 12.5. The fraction of sp³-hybridized carbons (Fsp3) is 0.176. The van der Waals surface area contributed by atoms with Crippen LogP contribution in [0.2, 0.25) is 0 Å². The lowest BCUT2D eigenvalue weighted by atomic mass is 10.1. The van der Waals surface area contributed by atoms with Gasteiger partial charge in [0.1, 0.15) is 5.82 Å².